The largest absolute Gasteiger partial charge is 0.396 e. The van der Waals surface area contributed by atoms with Gasteiger partial charge >= 0.3 is 0 Å². The van der Waals surface area contributed by atoms with E-state index in [0.29, 0.717) is 21.8 Å². The maximum atomic E-state index is 14.0. The fourth-order valence-corrected chi connectivity index (χ4v) is 3.98. The summed E-state index contributed by atoms with van der Waals surface area (Å²) in [5.41, 5.74) is 3.25. The molecule has 6 heteroatoms. The number of carbonyl (C=O) groups excluding carboxylic acids is 2. The monoisotopic (exact) mass is 385 g/mol. The van der Waals surface area contributed by atoms with E-state index < -0.39 is 17.6 Å². The average molecular weight is 385 g/mol. The molecule has 27 heavy (non-hydrogen) atoms. The number of aliphatic hydroxyl groups excluding tert-OH is 1. The lowest BCUT2D eigenvalue weighted by Crippen LogP contribution is -2.31. The van der Waals surface area contributed by atoms with Gasteiger partial charge in [-0.25, -0.2) is 4.39 Å². The number of aliphatic hydroxyl groups is 1. The fourth-order valence-electron chi connectivity index (χ4n) is 3.11. The molecule has 0 atom stereocenters. The minimum absolute atomic E-state index is 0.108. The first kappa shape index (κ1) is 19.3. The maximum absolute atomic E-state index is 14.0. The zero-order valence-corrected chi connectivity index (χ0v) is 16.0. The first-order chi connectivity index (χ1) is 12.9. The van der Waals surface area contributed by atoms with Crippen LogP contribution in [0.2, 0.25) is 0 Å². The van der Waals surface area contributed by atoms with Crippen molar-refractivity contribution in [2.75, 3.05) is 12.4 Å². The van der Waals surface area contributed by atoms with Gasteiger partial charge in [-0.1, -0.05) is 42.0 Å². The highest BCUT2D eigenvalue weighted by molar-refractivity contribution is 8.04. The van der Waals surface area contributed by atoms with E-state index in [2.05, 4.69) is 0 Å². The lowest BCUT2D eigenvalue weighted by Gasteiger charge is -2.16. The Morgan fingerprint density at radius 2 is 1.81 bits per heavy atom. The molecule has 0 radical (unpaired) electrons. The van der Waals surface area contributed by atoms with E-state index in [1.54, 1.807) is 18.2 Å². The number of hydrogen-bond donors (Lipinski definition) is 1. The van der Waals surface area contributed by atoms with E-state index in [4.69, 9.17) is 5.11 Å². The topological polar surface area (TPSA) is 57.6 Å². The van der Waals surface area contributed by atoms with E-state index in [0.717, 1.165) is 27.8 Å². The molecular weight excluding hydrogens is 365 g/mol. The lowest BCUT2D eigenvalue weighted by atomic mass is 9.99. The summed E-state index contributed by atoms with van der Waals surface area (Å²) < 4.78 is 14.0. The Bertz CT molecular complexity index is 939. The molecule has 0 aliphatic carbocycles. The summed E-state index contributed by atoms with van der Waals surface area (Å²) in [6.45, 7) is 3.62. The Labute approximate surface area is 161 Å². The van der Waals surface area contributed by atoms with Crippen LogP contribution in [0.25, 0.3) is 5.57 Å². The van der Waals surface area contributed by atoms with Crippen LogP contribution in [0, 0.1) is 19.7 Å². The van der Waals surface area contributed by atoms with Gasteiger partial charge in [0.1, 0.15) is 5.82 Å². The molecule has 2 aromatic rings. The van der Waals surface area contributed by atoms with Crippen molar-refractivity contribution in [3.63, 3.8) is 0 Å². The Morgan fingerprint density at radius 3 is 2.48 bits per heavy atom. The van der Waals surface area contributed by atoms with Crippen molar-refractivity contribution >= 4 is 29.1 Å². The van der Waals surface area contributed by atoms with Crippen molar-refractivity contribution in [2.24, 2.45) is 0 Å². The molecule has 1 N–H and O–H groups in total. The van der Waals surface area contributed by atoms with Crippen molar-refractivity contribution in [1.29, 1.82) is 0 Å². The molecular formula is C21H20FNO3S. The highest BCUT2D eigenvalue weighted by Crippen LogP contribution is 2.38. The molecule has 3 rings (SSSR count). The molecule has 0 saturated carbocycles. The Hall–Kier alpha value is -2.44. The molecule has 0 unspecified atom stereocenters. The van der Waals surface area contributed by atoms with Crippen LogP contribution in [0.15, 0.2) is 47.4 Å². The first-order valence-electron chi connectivity index (χ1n) is 8.59. The van der Waals surface area contributed by atoms with Crippen LogP contribution in [-0.4, -0.2) is 34.2 Å². The van der Waals surface area contributed by atoms with Gasteiger partial charge in [-0.2, -0.15) is 0 Å². The molecule has 1 aliphatic rings. The van der Waals surface area contributed by atoms with E-state index in [-0.39, 0.29) is 18.7 Å². The summed E-state index contributed by atoms with van der Waals surface area (Å²) in [7, 11) is 0. The zero-order valence-electron chi connectivity index (χ0n) is 15.2. The fraction of sp³-hybridized carbons (Fsp3) is 0.238. The highest BCUT2D eigenvalue weighted by Gasteiger charge is 2.39. The van der Waals surface area contributed by atoms with Crippen molar-refractivity contribution < 1.29 is 19.1 Å². The third-order valence-electron chi connectivity index (χ3n) is 4.40. The molecule has 4 nitrogen and oxygen atoms in total. The van der Waals surface area contributed by atoms with Crippen LogP contribution in [-0.2, 0) is 16.1 Å². The van der Waals surface area contributed by atoms with Gasteiger partial charge in [-0.3, -0.25) is 14.5 Å². The number of aryl methyl sites for hydroxylation is 2. The number of benzene rings is 2. The van der Waals surface area contributed by atoms with Gasteiger partial charge in [0, 0.05) is 11.3 Å². The van der Waals surface area contributed by atoms with Gasteiger partial charge in [0.15, 0.2) is 0 Å². The minimum atomic E-state index is -0.456. The Kier molecular flexibility index (Phi) is 5.77. The smallest absolute Gasteiger partial charge is 0.268 e. The molecule has 0 aromatic heterocycles. The highest BCUT2D eigenvalue weighted by atomic mass is 32.2. The summed E-state index contributed by atoms with van der Waals surface area (Å²) >= 11 is 1.15. The predicted octanol–water partition coefficient (Wildman–Crippen LogP) is 3.45. The van der Waals surface area contributed by atoms with Gasteiger partial charge in [-0.05, 0) is 31.0 Å². The van der Waals surface area contributed by atoms with Gasteiger partial charge < -0.3 is 5.11 Å². The third kappa shape index (κ3) is 3.82. The zero-order chi connectivity index (χ0) is 19.6. The Balaban J connectivity index is 2.02. The molecule has 140 valence electrons. The number of nitrogens with zero attached hydrogens (tertiary/aromatic N) is 1. The molecule has 1 heterocycles. The molecule has 0 bridgehead atoms. The number of halogens is 1. The average Bonchev–Trinajstić information content (AvgIpc) is 2.86. The second-order valence-corrected chi connectivity index (χ2v) is 7.49. The SMILES string of the molecule is Cc1ccc(C2=C(SCCO)C(=O)N(Cc3ccccc3F)C2=O)c(C)c1. The van der Waals surface area contributed by atoms with Crippen LogP contribution in [0.5, 0.6) is 0 Å². The Morgan fingerprint density at radius 1 is 1.07 bits per heavy atom. The quantitative estimate of drug-likeness (QED) is 0.774. The summed E-state index contributed by atoms with van der Waals surface area (Å²) in [6, 6.07) is 11.8. The third-order valence-corrected chi connectivity index (χ3v) is 5.45. The van der Waals surface area contributed by atoms with Crippen LogP contribution < -0.4 is 0 Å². The number of carbonyl (C=O) groups is 2. The molecule has 0 saturated heterocycles. The summed E-state index contributed by atoms with van der Waals surface area (Å²) in [6.07, 6.45) is 0. The summed E-state index contributed by atoms with van der Waals surface area (Å²) in [4.78, 5) is 27.4. The normalized spacial score (nSPS) is 14.4. The van der Waals surface area contributed by atoms with E-state index in [1.807, 2.05) is 32.0 Å². The van der Waals surface area contributed by atoms with Crippen molar-refractivity contribution in [1.82, 2.24) is 4.90 Å². The van der Waals surface area contributed by atoms with Crippen molar-refractivity contribution in [2.45, 2.75) is 20.4 Å². The lowest BCUT2D eigenvalue weighted by molar-refractivity contribution is -0.137. The van der Waals surface area contributed by atoms with Crippen molar-refractivity contribution in [3.8, 4) is 0 Å². The summed E-state index contributed by atoms with van der Waals surface area (Å²) in [5.74, 6) is -1.04. The summed E-state index contributed by atoms with van der Waals surface area (Å²) in [5, 5.41) is 9.16. The number of rotatable bonds is 6. The van der Waals surface area contributed by atoms with Crippen LogP contribution in [0.4, 0.5) is 4.39 Å². The van der Waals surface area contributed by atoms with Crippen LogP contribution in [0.1, 0.15) is 22.3 Å². The van der Waals surface area contributed by atoms with Crippen molar-refractivity contribution in [3.05, 3.63) is 75.4 Å². The maximum Gasteiger partial charge on any atom is 0.268 e. The van der Waals surface area contributed by atoms with E-state index >= 15 is 0 Å². The van der Waals surface area contributed by atoms with Gasteiger partial charge in [0.2, 0.25) is 0 Å². The van der Waals surface area contributed by atoms with Gasteiger partial charge in [-0.15, -0.1) is 11.8 Å². The first-order valence-corrected chi connectivity index (χ1v) is 9.57. The molecule has 2 amide bonds. The predicted molar refractivity (Wildman–Crippen MR) is 104 cm³/mol. The second-order valence-electron chi connectivity index (χ2n) is 6.38. The molecule has 0 spiro atoms. The standard InChI is InChI=1S/C21H20FNO3S/c1-13-7-8-16(14(2)11-13)18-19(27-10-9-24)21(26)23(20(18)25)12-15-5-3-4-6-17(15)22/h3-8,11,24H,9-10,12H2,1-2H3. The van der Waals surface area contributed by atoms with Crippen LogP contribution >= 0.6 is 11.8 Å². The molecule has 0 fully saturated rings. The molecule has 1 aliphatic heterocycles. The minimum Gasteiger partial charge on any atom is -0.396 e. The number of imide groups is 1. The van der Waals surface area contributed by atoms with E-state index in [9.17, 15) is 14.0 Å². The number of hydrogen-bond acceptors (Lipinski definition) is 4. The van der Waals surface area contributed by atoms with Gasteiger partial charge in [0.05, 0.1) is 23.6 Å². The number of thioether (sulfide) groups is 1. The molecule has 2 aromatic carbocycles. The van der Waals surface area contributed by atoms with E-state index in [1.165, 1.54) is 6.07 Å². The van der Waals surface area contributed by atoms with Gasteiger partial charge in [0.25, 0.3) is 11.8 Å². The number of amides is 2. The second kappa shape index (κ2) is 8.06. The van der Waals surface area contributed by atoms with Crippen LogP contribution in [0.3, 0.4) is 0 Å².